The van der Waals surface area contributed by atoms with Crippen LogP contribution >= 0.6 is 0 Å². The van der Waals surface area contributed by atoms with Crippen molar-refractivity contribution in [2.45, 2.75) is 174 Å². The number of esters is 1. The first-order valence-electron chi connectivity index (χ1n) is 24.0. The van der Waals surface area contributed by atoms with E-state index in [0.29, 0.717) is 43.7 Å². The van der Waals surface area contributed by atoms with Gasteiger partial charge < -0.3 is 37.6 Å². The number of aromatic nitrogens is 1. The van der Waals surface area contributed by atoms with E-state index in [9.17, 15) is 14.4 Å². The van der Waals surface area contributed by atoms with E-state index in [-0.39, 0.29) is 17.9 Å². The molecule has 3 fully saturated rings. The maximum atomic E-state index is 14.2. The number of rotatable bonds is 21. The highest BCUT2D eigenvalue weighted by Gasteiger charge is 2.59. The minimum absolute atomic E-state index is 0.141. The zero-order valence-corrected chi connectivity index (χ0v) is 37.7. The number of para-hydroxylation sites is 1. The van der Waals surface area contributed by atoms with Crippen molar-refractivity contribution in [1.82, 2.24) is 15.6 Å². The summed E-state index contributed by atoms with van der Waals surface area (Å²) in [5.41, 5.74) is 21.7. The fourth-order valence-electron chi connectivity index (χ4n) is 12.7. The zero-order chi connectivity index (χ0) is 43.0. The molecule has 334 valence electrons. The van der Waals surface area contributed by atoms with Crippen molar-refractivity contribution in [3.63, 3.8) is 0 Å². The molecule has 4 aliphatic carbocycles. The SMILES string of the molecule is CC(C)CCC[C@@H](C)[C@H]1CC[C@H]2[C@@H]3CC=C4CC(OC(=O)C(CCCCN)NC(=O)C(Cc5c[nH]c6ccccc56)NC(=O)C(N)CCCCN)CC[C@]4(C)[C@H]3CC[C@]12C. The molecule has 9 N–H and O–H groups in total. The lowest BCUT2D eigenvalue weighted by molar-refractivity contribution is -0.155. The average Bonchev–Trinajstić information content (AvgIpc) is 3.80. The fourth-order valence-corrected chi connectivity index (χ4v) is 12.7. The molecule has 1 heterocycles. The van der Waals surface area contributed by atoms with Crippen LogP contribution in [0.5, 0.6) is 0 Å². The van der Waals surface area contributed by atoms with Crippen molar-refractivity contribution in [3.8, 4) is 0 Å². The molecule has 2 amide bonds. The normalized spacial score (nSPS) is 29.4. The van der Waals surface area contributed by atoms with Gasteiger partial charge in [-0.25, -0.2) is 4.79 Å². The topological polar surface area (TPSA) is 178 Å². The lowest BCUT2D eigenvalue weighted by Gasteiger charge is -2.58. The first-order chi connectivity index (χ1) is 28.8. The van der Waals surface area contributed by atoms with Gasteiger partial charge >= 0.3 is 5.97 Å². The van der Waals surface area contributed by atoms with Gasteiger partial charge in [0.2, 0.25) is 11.8 Å². The summed E-state index contributed by atoms with van der Waals surface area (Å²) in [6.07, 6.45) is 21.4. The van der Waals surface area contributed by atoms with Gasteiger partial charge in [-0.3, -0.25) is 9.59 Å². The highest BCUT2D eigenvalue weighted by Crippen LogP contribution is 2.67. The van der Waals surface area contributed by atoms with E-state index in [2.05, 4.69) is 56.3 Å². The van der Waals surface area contributed by atoms with E-state index in [1.54, 1.807) is 0 Å². The van der Waals surface area contributed by atoms with Gasteiger partial charge in [-0.15, -0.1) is 0 Å². The highest BCUT2D eigenvalue weighted by atomic mass is 16.5. The van der Waals surface area contributed by atoms with Crippen molar-refractivity contribution >= 4 is 28.7 Å². The maximum absolute atomic E-state index is 14.2. The second-order valence-electron chi connectivity index (χ2n) is 20.5. The Hall–Kier alpha value is -3.21. The van der Waals surface area contributed by atoms with Crippen molar-refractivity contribution < 1.29 is 19.1 Å². The number of aromatic amines is 1. The Kier molecular flexibility index (Phi) is 16.0. The number of H-pyrrole nitrogens is 1. The van der Waals surface area contributed by atoms with Crippen LogP contribution in [0, 0.1) is 46.3 Å². The number of allylic oxidation sites excluding steroid dienone is 1. The number of hydrogen-bond donors (Lipinski definition) is 6. The molecular weight excluding hydrogens is 749 g/mol. The molecule has 1 aromatic carbocycles. The molecule has 0 radical (unpaired) electrons. The number of benzene rings is 1. The number of fused-ring (bicyclic) bond motifs is 6. The van der Waals surface area contributed by atoms with Crippen molar-refractivity contribution in [1.29, 1.82) is 0 Å². The van der Waals surface area contributed by atoms with Gasteiger partial charge in [0.05, 0.1) is 6.04 Å². The Bertz CT molecular complexity index is 1770. The van der Waals surface area contributed by atoms with Crippen molar-refractivity contribution in [2.75, 3.05) is 13.1 Å². The molecule has 4 unspecified atom stereocenters. The molecule has 2 aromatic rings. The molecule has 1 aromatic heterocycles. The van der Waals surface area contributed by atoms with Gasteiger partial charge in [-0.05, 0) is 148 Å². The monoisotopic (exact) mass is 829 g/mol. The largest absolute Gasteiger partial charge is 0.461 e. The lowest BCUT2D eigenvalue weighted by atomic mass is 9.47. The summed E-state index contributed by atoms with van der Waals surface area (Å²) in [5.74, 6) is 3.41. The van der Waals surface area contributed by atoms with Crippen LogP contribution < -0.4 is 27.8 Å². The summed E-state index contributed by atoms with van der Waals surface area (Å²) in [5, 5.41) is 6.93. The minimum Gasteiger partial charge on any atom is -0.461 e. The lowest BCUT2D eigenvalue weighted by Crippen LogP contribution is -2.55. The van der Waals surface area contributed by atoms with E-state index in [1.165, 1.54) is 50.5 Å². The van der Waals surface area contributed by atoms with Gasteiger partial charge in [0.25, 0.3) is 0 Å². The van der Waals surface area contributed by atoms with Crippen molar-refractivity contribution in [3.05, 3.63) is 47.7 Å². The molecule has 0 saturated heterocycles. The zero-order valence-electron chi connectivity index (χ0n) is 37.7. The van der Waals surface area contributed by atoms with E-state index in [1.807, 2.05) is 30.5 Å². The van der Waals surface area contributed by atoms with Gasteiger partial charge in [0.15, 0.2) is 0 Å². The first kappa shape index (κ1) is 46.3. The fraction of sp³-hybridized carbons (Fsp3) is 0.740. The summed E-state index contributed by atoms with van der Waals surface area (Å²) < 4.78 is 6.36. The smallest absolute Gasteiger partial charge is 0.328 e. The first-order valence-corrected chi connectivity index (χ1v) is 24.0. The van der Waals surface area contributed by atoms with E-state index in [4.69, 9.17) is 21.9 Å². The Morgan fingerprint density at radius 3 is 2.32 bits per heavy atom. The van der Waals surface area contributed by atoms with Gasteiger partial charge in [-0.2, -0.15) is 0 Å². The molecule has 3 saturated carbocycles. The molecule has 60 heavy (non-hydrogen) atoms. The summed E-state index contributed by atoms with van der Waals surface area (Å²) in [6, 6.07) is 5.29. The van der Waals surface area contributed by atoms with Crippen molar-refractivity contribution in [2.24, 2.45) is 63.5 Å². The van der Waals surface area contributed by atoms with Crippen LogP contribution in [0.1, 0.15) is 149 Å². The molecular formula is C50H80N6O4. The van der Waals surface area contributed by atoms with E-state index >= 15 is 0 Å². The Balaban J connectivity index is 1.11. The number of unbranched alkanes of at least 4 members (excludes halogenated alkanes) is 2. The molecule has 0 bridgehead atoms. The number of nitrogens with one attached hydrogen (secondary N) is 3. The van der Waals surface area contributed by atoms with Crippen LogP contribution in [0.4, 0.5) is 0 Å². The van der Waals surface area contributed by atoms with Gasteiger partial charge in [-0.1, -0.05) is 90.2 Å². The molecule has 4 aliphatic rings. The second-order valence-corrected chi connectivity index (χ2v) is 20.5. The summed E-state index contributed by atoms with van der Waals surface area (Å²) in [7, 11) is 0. The third-order valence-corrected chi connectivity index (χ3v) is 16.1. The average molecular weight is 829 g/mol. The molecule has 11 atom stereocenters. The molecule has 0 spiro atoms. The Labute approximate surface area is 361 Å². The number of hydrogen-bond acceptors (Lipinski definition) is 7. The second kappa shape index (κ2) is 20.8. The third-order valence-electron chi connectivity index (χ3n) is 16.1. The van der Waals surface area contributed by atoms with Gasteiger partial charge in [0, 0.05) is 29.9 Å². The summed E-state index contributed by atoms with van der Waals surface area (Å²) >= 11 is 0. The predicted molar refractivity (Wildman–Crippen MR) is 243 cm³/mol. The van der Waals surface area contributed by atoms with Crippen LogP contribution in [0.25, 0.3) is 10.9 Å². The number of amides is 2. The molecule has 0 aliphatic heterocycles. The van der Waals surface area contributed by atoms with E-state index in [0.717, 1.165) is 91.0 Å². The quantitative estimate of drug-likeness (QED) is 0.0417. The summed E-state index contributed by atoms with van der Waals surface area (Å²) in [4.78, 5) is 45.0. The highest BCUT2D eigenvalue weighted by molar-refractivity contribution is 5.93. The predicted octanol–water partition coefficient (Wildman–Crippen LogP) is 8.22. The number of ether oxygens (including phenoxy) is 1. The number of carbonyl (C=O) groups is 3. The number of nitrogens with two attached hydrogens (primary N) is 3. The molecule has 10 heteroatoms. The molecule has 10 nitrogen and oxygen atoms in total. The Morgan fingerprint density at radius 1 is 0.833 bits per heavy atom. The minimum atomic E-state index is -0.946. The van der Waals surface area contributed by atoms with Crippen LogP contribution in [0.3, 0.4) is 0 Å². The maximum Gasteiger partial charge on any atom is 0.328 e. The Morgan fingerprint density at radius 2 is 1.57 bits per heavy atom. The van der Waals surface area contributed by atoms with Crippen LogP contribution in [0.2, 0.25) is 0 Å². The van der Waals surface area contributed by atoms with Crippen LogP contribution in [-0.2, 0) is 25.5 Å². The number of carbonyl (C=O) groups excluding carboxylic acids is 3. The van der Waals surface area contributed by atoms with Crippen LogP contribution in [0.15, 0.2) is 42.1 Å². The summed E-state index contributed by atoms with van der Waals surface area (Å²) in [6.45, 7) is 13.4. The van der Waals surface area contributed by atoms with Crippen LogP contribution in [-0.4, -0.2) is 60.1 Å². The van der Waals surface area contributed by atoms with Gasteiger partial charge in [0.1, 0.15) is 18.2 Å². The van der Waals surface area contributed by atoms with E-state index < -0.39 is 35.9 Å². The molecule has 6 rings (SSSR count). The standard InChI is InChI=1S/C50H80N6O4/c1-32(2)13-12-14-33(3)39-21-22-40-38-20-19-35-30-36(23-25-49(35,4)41(38)24-26-50(39,40)5)60-48(59)44(18-9-11-28-52)55-47(58)45(56-46(57)42(53)16-8-10-27-51)29-34-31-54-43-17-7-6-15-37(34)43/h6-7,15,17,19,31-33,36,38-42,44-45,54H,8-14,16,18,20-30,51-53H2,1-5H3,(H,55,58)(H,56,57)/t33-,36?,38+,39-,40+,41+,42?,44?,45?,49+,50-/m1/s1. The third kappa shape index (κ3) is 10.5.